The number of aliphatic hydroxyl groups is 3. The standard InChI is InChI=1S/C19H24F3NO4/c20-19(21,22)17(26)23-12-15(24)16(25)14-6-4-5-13(11-14)7-10-18(27)8-2-1-3-9-18/h4-7,10-11,15-16,24-25,27H,1-3,8-9,12H2,(H,23,26). The largest absolute Gasteiger partial charge is 0.471 e. The molecule has 0 aromatic heterocycles. The summed E-state index contributed by atoms with van der Waals surface area (Å²) in [6, 6.07) is 6.47. The van der Waals surface area contributed by atoms with E-state index in [2.05, 4.69) is 0 Å². The monoisotopic (exact) mass is 387 g/mol. The lowest BCUT2D eigenvalue weighted by molar-refractivity contribution is -0.174. The van der Waals surface area contributed by atoms with Gasteiger partial charge in [-0.25, -0.2) is 0 Å². The van der Waals surface area contributed by atoms with E-state index < -0.39 is 36.4 Å². The van der Waals surface area contributed by atoms with Gasteiger partial charge in [0.05, 0.1) is 5.60 Å². The van der Waals surface area contributed by atoms with E-state index in [-0.39, 0.29) is 0 Å². The third kappa shape index (κ3) is 6.34. The van der Waals surface area contributed by atoms with Crippen LogP contribution in [0.25, 0.3) is 6.08 Å². The van der Waals surface area contributed by atoms with Gasteiger partial charge in [0.2, 0.25) is 0 Å². The molecule has 0 spiro atoms. The van der Waals surface area contributed by atoms with Crippen molar-refractivity contribution in [1.82, 2.24) is 5.32 Å². The maximum atomic E-state index is 12.2. The molecular formula is C19H24F3NO4. The minimum atomic E-state index is -5.05. The summed E-state index contributed by atoms with van der Waals surface area (Å²) in [6.07, 6.45) is -0.299. The van der Waals surface area contributed by atoms with Gasteiger partial charge in [-0.1, -0.05) is 49.6 Å². The Hall–Kier alpha value is -1.90. The first-order valence-electron chi connectivity index (χ1n) is 8.83. The van der Waals surface area contributed by atoms with Crippen LogP contribution in [0.15, 0.2) is 30.3 Å². The van der Waals surface area contributed by atoms with Gasteiger partial charge in [0.1, 0.15) is 12.2 Å². The van der Waals surface area contributed by atoms with Crippen LogP contribution in [-0.4, -0.2) is 45.7 Å². The lowest BCUT2D eigenvalue weighted by Crippen LogP contribution is -2.42. The number of aliphatic hydroxyl groups excluding tert-OH is 2. The molecule has 1 aliphatic rings. The first kappa shape index (κ1) is 21.4. The van der Waals surface area contributed by atoms with Crippen LogP contribution < -0.4 is 5.32 Å². The third-order valence-corrected chi connectivity index (χ3v) is 4.65. The first-order valence-corrected chi connectivity index (χ1v) is 8.83. The summed E-state index contributed by atoms with van der Waals surface area (Å²) >= 11 is 0. The minimum Gasteiger partial charge on any atom is -0.388 e. The maximum absolute atomic E-state index is 12.2. The average Bonchev–Trinajstić information content (AvgIpc) is 2.63. The Morgan fingerprint density at radius 3 is 2.52 bits per heavy atom. The molecule has 0 heterocycles. The van der Waals surface area contributed by atoms with Gasteiger partial charge in [0, 0.05) is 6.54 Å². The van der Waals surface area contributed by atoms with Crippen molar-refractivity contribution in [3.05, 3.63) is 41.5 Å². The highest BCUT2D eigenvalue weighted by Gasteiger charge is 2.38. The van der Waals surface area contributed by atoms with Gasteiger partial charge in [-0.3, -0.25) is 4.79 Å². The summed E-state index contributed by atoms with van der Waals surface area (Å²) in [5, 5.41) is 32.0. The number of hydrogen-bond donors (Lipinski definition) is 4. The fourth-order valence-electron chi connectivity index (χ4n) is 3.06. The zero-order valence-electron chi connectivity index (χ0n) is 14.7. The van der Waals surface area contributed by atoms with Crippen LogP contribution in [0.2, 0.25) is 0 Å². The summed E-state index contributed by atoms with van der Waals surface area (Å²) in [4.78, 5) is 10.8. The minimum absolute atomic E-state index is 0.293. The van der Waals surface area contributed by atoms with Crippen molar-refractivity contribution in [2.75, 3.05) is 6.54 Å². The molecule has 27 heavy (non-hydrogen) atoms. The molecule has 2 atom stereocenters. The summed E-state index contributed by atoms with van der Waals surface area (Å²) in [5.41, 5.74) is 0.118. The van der Waals surface area contributed by atoms with Crippen LogP contribution in [0, 0.1) is 0 Å². The lowest BCUT2D eigenvalue weighted by Gasteiger charge is -2.28. The lowest BCUT2D eigenvalue weighted by atomic mass is 9.84. The van der Waals surface area contributed by atoms with Crippen LogP contribution in [0.3, 0.4) is 0 Å². The molecule has 1 aromatic rings. The van der Waals surface area contributed by atoms with E-state index >= 15 is 0 Å². The number of amides is 1. The summed E-state index contributed by atoms with van der Waals surface area (Å²) in [7, 11) is 0. The quantitative estimate of drug-likeness (QED) is 0.604. The van der Waals surface area contributed by atoms with Crippen LogP contribution in [0.5, 0.6) is 0 Å². The number of carbonyl (C=O) groups excluding carboxylic acids is 1. The van der Waals surface area contributed by atoms with Crippen molar-refractivity contribution in [1.29, 1.82) is 0 Å². The smallest absolute Gasteiger partial charge is 0.388 e. The van der Waals surface area contributed by atoms with E-state index in [0.29, 0.717) is 24.0 Å². The molecule has 8 heteroatoms. The molecule has 1 aromatic carbocycles. The molecule has 1 saturated carbocycles. The van der Waals surface area contributed by atoms with Gasteiger partial charge in [-0.05, 0) is 30.0 Å². The Balaban J connectivity index is 1.99. The second-order valence-corrected chi connectivity index (χ2v) is 6.89. The Labute approximate surface area is 155 Å². The van der Waals surface area contributed by atoms with E-state index in [1.165, 1.54) is 11.4 Å². The topological polar surface area (TPSA) is 89.8 Å². The average molecular weight is 387 g/mol. The second-order valence-electron chi connectivity index (χ2n) is 6.89. The van der Waals surface area contributed by atoms with Crippen molar-refractivity contribution in [3.63, 3.8) is 0 Å². The molecular weight excluding hydrogens is 363 g/mol. The number of carbonyl (C=O) groups is 1. The number of halogens is 3. The van der Waals surface area contributed by atoms with E-state index in [1.54, 1.807) is 30.4 Å². The van der Waals surface area contributed by atoms with Gasteiger partial charge in [-0.2, -0.15) is 13.2 Å². The SMILES string of the molecule is O=C(NCC(O)C(O)c1cccc(C=CC2(O)CCCCC2)c1)C(F)(F)F. The molecule has 0 bridgehead atoms. The van der Waals surface area contributed by atoms with E-state index in [4.69, 9.17) is 0 Å². The van der Waals surface area contributed by atoms with Gasteiger partial charge in [0.25, 0.3) is 0 Å². The molecule has 5 nitrogen and oxygen atoms in total. The molecule has 1 aliphatic carbocycles. The maximum Gasteiger partial charge on any atom is 0.471 e. The predicted molar refractivity (Wildman–Crippen MR) is 93.5 cm³/mol. The highest BCUT2D eigenvalue weighted by atomic mass is 19.4. The van der Waals surface area contributed by atoms with E-state index in [1.807, 2.05) is 0 Å². The Bertz CT molecular complexity index is 669. The van der Waals surface area contributed by atoms with Crippen molar-refractivity contribution < 1.29 is 33.3 Å². The van der Waals surface area contributed by atoms with Gasteiger partial charge in [0.15, 0.2) is 0 Å². The molecule has 0 radical (unpaired) electrons. The second kappa shape index (κ2) is 8.86. The zero-order chi connectivity index (χ0) is 20.1. The molecule has 2 rings (SSSR count). The molecule has 0 saturated heterocycles. The van der Waals surface area contributed by atoms with Crippen LogP contribution in [-0.2, 0) is 4.79 Å². The van der Waals surface area contributed by atoms with Crippen molar-refractivity contribution in [2.45, 2.75) is 56.1 Å². The molecule has 1 amide bonds. The fraction of sp³-hybridized carbons (Fsp3) is 0.526. The predicted octanol–water partition coefficient (Wildman–Crippen LogP) is 2.47. The molecule has 1 fully saturated rings. The summed E-state index contributed by atoms with van der Waals surface area (Å²) in [5.74, 6) is -2.17. The molecule has 0 aliphatic heterocycles. The third-order valence-electron chi connectivity index (χ3n) is 4.65. The van der Waals surface area contributed by atoms with E-state index in [0.717, 1.165) is 19.3 Å². The number of hydrogen-bond acceptors (Lipinski definition) is 4. The molecule has 2 unspecified atom stereocenters. The summed E-state index contributed by atoms with van der Waals surface area (Å²) in [6.45, 7) is -0.737. The van der Waals surface area contributed by atoms with Crippen LogP contribution in [0.1, 0.15) is 49.3 Å². The van der Waals surface area contributed by atoms with Crippen LogP contribution >= 0.6 is 0 Å². The molecule has 150 valence electrons. The number of benzene rings is 1. The van der Waals surface area contributed by atoms with Crippen molar-refractivity contribution >= 4 is 12.0 Å². The highest BCUT2D eigenvalue weighted by molar-refractivity contribution is 5.81. The fourth-order valence-corrected chi connectivity index (χ4v) is 3.06. The molecule has 4 N–H and O–H groups in total. The van der Waals surface area contributed by atoms with Gasteiger partial charge < -0.3 is 20.6 Å². The van der Waals surface area contributed by atoms with Crippen molar-refractivity contribution in [3.8, 4) is 0 Å². The van der Waals surface area contributed by atoms with Gasteiger partial charge >= 0.3 is 12.1 Å². The zero-order valence-corrected chi connectivity index (χ0v) is 14.7. The van der Waals surface area contributed by atoms with E-state index in [9.17, 15) is 33.3 Å². The first-order chi connectivity index (χ1) is 12.6. The van der Waals surface area contributed by atoms with Crippen molar-refractivity contribution in [2.24, 2.45) is 0 Å². The normalized spacial score (nSPS) is 19.6. The number of nitrogens with one attached hydrogen (secondary N) is 1. The number of rotatable bonds is 6. The Morgan fingerprint density at radius 1 is 1.22 bits per heavy atom. The highest BCUT2D eigenvalue weighted by Crippen LogP contribution is 2.30. The Kier molecular flexibility index (Phi) is 7.02. The van der Waals surface area contributed by atoms with Crippen LogP contribution in [0.4, 0.5) is 13.2 Å². The number of alkyl halides is 3. The van der Waals surface area contributed by atoms with Gasteiger partial charge in [-0.15, -0.1) is 0 Å². The summed E-state index contributed by atoms with van der Waals surface area (Å²) < 4.78 is 36.5. The Morgan fingerprint density at radius 2 is 1.89 bits per heavy atom.